The van der Waals surface area contributed by atoms with Crippen molar-refractivity contribution in [3.63, 3.8) is 0 Å². The summed E-state index contributed by atoms with van der Waals surface area (Å²) < 4.78 is 1.10. The van der Waals surface area contributed by atoms with E-state index in [1.807, 2.05) is 32.9 Å². The van der Waals surface area contributed by atoms with Gasteiger partial charge in [0.15, 0.2) is 0 Å². The number of hydrogen-bond acceptors (Lipinski definition) is 2. The van der Waals surface area contributed by atoms with Gasteiger partial charge in [-0.25, -0.2) is 0 Å². The molecule has 0 radical (unpaired) electrons. The summed E-state index contributed by atoms with van der Waals surface area (Å²) in [4.78, 5) is 0. The second-order valence-electron chi connectivity index (χ2n) is 4.13. The lowest BCUT2D eigenvalue weighted by atomic mass is 10.1. The minimum absolute atomic E-state index is 0.113. The van der Waals surface area contributed by atoms with Crippen molar-refractivity contribution in [1.82, 2.24) is 0 Å². The molecule has 0 fully saturated rings. The molecule has 0 atom stereocenters. The fourth-order valence-corrected chi connectivity index (χ4v) is 1.40. The highest BCUT2D eigenvalue weighted by atomic mass is 79.9. The lowest BCUT2D eigenvalue weighted by Gasteiger charge is -2.25. The van der Waals surface area contributed by atoms with Crippen LogP contribution >= 0.6 is 15.9 Å². The number of aliphatic hydroxyl groups excluding tert-OH is 1. The van der Waals surface area contributed by atoms with Gasteiger partial charge in [-0.15, -0.1) is 0 Å². The van der Waals surface area contributed by atoms with Gasteiger partial charge in [0, 0.05) is 10.2 Å². The fourth-order valence-electron chi connectivity index (χ4n) is 1.15. The molecule has 0 saturated heterocycles. The van der Waals surface area contributed by atoms with Crippen molar-refractivity contribution in [2.24, 2.45) is 0 Å². The van der Waals surface area contributed by atoms with Crippen LogP contribution in [0.15, 0.2) is 22.7 Å². The molecule has 0 amide bonds. The molecule has 78 valence electrons. The predicted molar refractivity (Wildman–Crippen MR) is 63.7 cm³/mol. The van der Waals surface area contributed by atoms with Crippen LogP contribution in [0.2, 0.25) is 0 Å². The van der Waals surface area contributed by atoms with Crippen LogP contribution in [0.3, 0.4) is 0 Å². The summed E-state index contributed by atoms with van der Waals surface area (Å²) in [5, 5.41) is 12.4. The molecule has 14 heavy (non-hydrogen) atoms. The zero-order chi connectivity index (χ0) is 10.8. The van der Waals surface area contributed by atoms with Crippen molar-refractivity contribution >= 4 is 21.6 Å². The lowest BCUT2D eigenvalue weighted by Crippen LogP contribution is -2.34. The number of aryl methyl sites for hydroxylation is 1. The quantitative estimate of drug-likeness (QED) is 0.873. The Bertz CT molecular complexity index is 323. The van der Waals surface area contributed by atoms with Gasteiger partial charge in [-0.2, -0.15) is 0 Å². The maximum Gasteiger partial charge on any atom is 0.0656 e. The average Bonchev–Trinajstić information content (AvgIpc) is 2.11. The van der Waals surface area contributed by atoms with Crippen LogP contribution < -0.4 is 5.32 Å². The van der Waals surface area contributed by atoms with E-state index in [0.29, 0.717) is 0 Å². The van der Waals surface area contributed by atoms with Gasteiger partial charge in [0.25, 0.3) is 0 Å². The number of aliphatic hydroxyl groups is 1. The number of benzene rings is 1. The first-order valence-corrected chi connectivity index (χ1v) is 5.39. The maximum atomic E-state index is 9.11. The van der Waals surface area contributed by atoms with Crippen LogP contribution in [-0.4, -0.2) is 17.3 Å². The van der Waals surface area contributed by atoms with Gasteiger partial charge in [0.05, 0.1) is 12.1 Å². The minimum Gasteiger partial charge on any atom is -0.394 e. The molecule has 1 aromatic rings. The van der Waals surface area contributed by atoms with E-state index in [0.717, 1.165) is 10.2 Å². The molecule has 2 N–H and O–H groups in total. The first-order valence-electron chi connectivity index (χ1n) is 4.60. The van der Waals surface area contributed by atoms with Gasteiger partial charge in [-0.3, -0.25) is 0 Å². The molecule has 0 aliphatic carbocycles. The Morgan fingerprint density at radius 2 is 2.07 bits per heavy atom. The monoisotopic (exact) mass is 257 g/mol. The van der Waals surface area contributed by atoms with E-state index >= 15 is 0 Å². The molecule has 0 heterocycles. The van der Waals surface area contributed by atoms with E-state index in [2.05, 4.69) is 27.3 Å². The van der Waals surface area contributed by atoms with E-state index in [-0.39, 0.29) is 12.1 Å². The van der Waals surface area contributed by atoms with E-state index in [4.69, 9.17) is 5.11 Å². The molecule has 1 rings (SSSR count). The Labute approximate surface area is 93.5 Å². The third kappa shape index (κ3) is 3.00. The van der Waals surface area contributed by atoms with Crippen molar-refractivity contribution in [3.05, 3.63) is 28.2 Å². The molecule has 3 heteroatoms. The van der Waals surface area contributed by atoms with Crippen LogP contribution in [0.1, 0.15) is 19.4 Å². The third-order valence-corrected chi connectivity index (χ3v) is 2.93. The van der Waals surface area contributed by atoms with E-state index in [9.17, 15) is 0 Å². The fraction of sp³-hybridized carbons (Fsp3) is 0.455. The Hall–Kier alpha value is -0.540. The van der Waals surface area contributed by atoms with Crippen molar-refractivity contribution in [3.8, 4) is 0 Å². The Morgan fingerprint density at radius 1 is 1.43 bits per heavy atom. The zero-order valence-corrected chi connectivity index (χ0v) is 10.4. The molecule has 0 unspecified atom stereocenters. The number of rotatable bonds is 3. The van der Waals surface area contributed by atoms with Gasteiger partial charge in [-0.1, -0.05) is 15.9 Å². The molecular formula is C11H16BrNO. The van der Waals surface area contributed by atoms with Crippen LogP contribution in [0.5, 0.6) is 0 Å². The minimum atomic E-state index is -0.278. The molecular weight excluding hydrogens is 242 g/mol. The van der Waals surface area contributed by atoms with Gasteiger partial charge in [0.2, 0.25) is 0 Å². The average molecular weight is 258 g/mol. The standard InChI is InChI=1S/C11H16BrNO/c1-8-6-9(4-5-10(8)12)13-11(2,3)7-14/h4-6,13-14H,7H2,1-3H3. The van der Waals surface area contributed by atoms with E-state index in [1.54, 1.807) is 0 Å². The van der Waals surface area contributed by atoms with Crippen LogP contribution in [-0.2, 0) is 0 Å². The van der Waals surface area contributed by atoms with Crippen LogP contribution in [0.25, 0.3) is 0 Å². The van der Waals surface area contributed by atoms with Crippen molar-refractivity contribution in [1.29, 1.82) is 0 Å². The van der Waals surface area contributed by atoms with Gasteiger partial charge in [-0.05, 0) is 44.5 Å². The van der Waals surface area contributed by atoms with Gasteiger partial charge < -0.3 is 10.4 Å². The number of halogens is 1. The van der Waals surface area contributed by atoms with Crippen molar-refractivity contribution < 1.29 is 5.11 Å². The number of hydrogen-bond donors (Lipinski definition) is 2. The van der Waals surface area contributed by atoms with E-state index < -0.39 is 0 Å². The summed E-state index contributed by atoms with van der Waals surface area (Å²) in [6.07, 6.45) is 0. The van der Waals surface area contributed by atoms with Crippen LogP contribution in [0.4, 0.5) is 5.69 Å². The lowest BCUT2D eigenvalue weighted by molar-refractivity contribution is 0.234. The maximum absolute atomic E-state index is 9.11. The Morgan fingerprint density at radius 3 is 2.57 bits per heavy atom. The normalized spacial score (nSPS) is 11.5. The summed E-state index contributed by atoms with van der Waals surface area (Å²) >= 11 is 3.45. The Balaban J connectivity index is 2.83. The van der Waals surface area contributed by atoms with Crippen molar-refractivity contribution in [2.75, 3.05) is 11.9 Å². The highest BCUT2D eigenvalue weighted by Crippen LogP contribution is 2.22. The summed E-state index contributed by atoms with van der Waals surface area (Å²) in [5.74, 6) is 0. The smallest absolute Gasteiger partial charge is 0.0656 e. The molecule has 0 aliphatic rings. The summed E-state index contributed by atoms with van der Waals surface area (Å²) in [7, 11) is 0. The number of nitrogens with one attached hydrogen (secondary N) is 1. The Kier molecular flexibility index (Phi) is 3.56. The SMILES string of the molecule is Cc1cc(NC(C)(C)CO)ccc1Br. The molecule has 0 spiro atoms. The topological polar surface area (TPSA) is 32.3 Å². The highest BCUT2D eigenvalue weighted by molar-refractivity contribution is 9.10. The first kappa shape index (κ1) is 11.5. The predicted octanol–water partition coefficient (Wildman–Crippen LogP) is 2.94. The summed E-state index contributed by atoms with van der Waals surface area (Å²) in [6, 6.07) is 6.06. The second kappa shape index (κ2) is 4.32. The molecule has 0 bridgehead atoms. The van der Waals surface area contributed by atoms with Gasteiger partial charge >= 0.3 is 0 Å². The molecule has 0 saturated carbocycles. The zero-order valence-electron chi connectivity index (χ0n) is 8.76. The molecule has 0 aliphatic heterocycles. The third-order valence-electron chi connectivity index (χ3n) is 2.04. The first-order chi connectivity index (χ1) is 6.44. The van der Waals surface area contributed by atoms with Crippen molar-refractivity contribution in [2.45, 2.75) is 26.3 Å². The highest BCUT2D eigenvalue weighted by Gasteiger charge is 2.15. The molecule has 0 aromatic heterocycles. The second-order valence-corrected chi connectivity index (χ2v) is 4.99. The number of anilines is 1. The molecule has 2 nitrogen and oxygen atoms in total. The van der Waals surface area contributed by atoms with Crippen LogP contribution in [0, 0.1) is 6.92 Å². The van der Waals surface area contributed by atoms with E-state index in [1.165, 1.54) is 5.56 Å². The largest absolute Gasteiger partial charge is 0.394 e. The summed E-state index contributed by atoms with van der Waals surface area (Å²) in [5.41, 5.74) is 1.94. The van der Waals surface area contributed by atoms with Gasteiger partial charge in [0.1, 0.15) is 0 Å². The summed E-state index contributed by atoms with van der Waals surface area (Å²) in [6.45, 7) is 6.08. The molecule has 1 aromatic carbocycles.